The smallest absolute Gasteiger partial charge is 0.378 e. The molecule has 2 amide bonds. The van der Waals surface area contributed by atoms with Crippen LogP contribution >= 0.6 is 0 Å². The van der Waals surface area contributed by atoms with Gasteiger partial charge in [0.05, 0.1) is 13.0 Å². The van der Waals surface area contributed by atoms with Gasteiger partial charge in [-0.1, -0.05) is 43.7 Å². The largest absolute Gasteiger partial charge is 0.463 e. The Morgan fingerprint density at radius 3 is 2.18 bits per heavy atom. The van der Waals surface area contributed by atoms with Crippen LogP contribution in [0.4, 0.5) is 0 Å². The second-order valence-electron chi connectivity index (χ2n) is 7.10. The summed E-state index contributed by atoms with van der Waals surface area (Å²) in [6.45, 7) is 3.03. The molecule has 1 fully saturated rings. The number of unbranched alkanes of at least 4 members (excludes halogenated alkanes) is 1. The van der Waals surface area contributed by atoms with Crippen LogP contribution in [0.15, 0.2) is 30.3 Å². The van der Waals surface area contributed by atoms with E-state index in [1.165, 1.54) is 12.1 Å². The SMILES string of the molecule is CCCCOC(=O)[C@H](CC(=O)O[C@H](C(=O)ON1C(=O)CCC1=O)c1ccccc1)OC(C)=O. The molecule has 1 saturated heterocycles. The van der Waals surface area contributed by atoms with Crippen LogP contribution in [0, 0.1) is 0 Å². The molecule has 0 spiro atoms. The second kappa shape index (κ2) is 12.3. The number of carbonyl (C=O) groups is 6. The monoisotopic (exact) mass is 463 g/mol. The third-order valence-electron chi connectivity index (χ3n) is 4.42. The van der Waals surface area contributed by atoms with Crippen LogP contribution < -0.4 is 0 Å². The van der Waals surface area contributed by atoms with E-state index >= 15 is 0 Å². The van der Waals surface area contributed by atoms with Crippen molar-refractivity contribution in [2.75, 3.05) is 6.61 Å². The van der Waals surface area contributed by atoms with Gasteiger partial charge in [-0.05, 0) is 6.42 Å². The average molecular weight is 463 g/mol. The first kappa shape index (κ1) is 25.5. The van der Waals surface area contributed by atoms with Crippen LogP contribution in [0.25, 0.3) is 0 Å². The predicted molar refractivity (Wildman–Crippen MR) is 108 cm³/mol. The second-order valence-corrected chi connectivity index (χ2v) is 7.10. The Bertz CT molecular complexity index is 882. The van der Waals surface area contributed by atoms with Crippen molar-refractivity contribution in [1.82, 2.24) is 5.06 Å². The molecule has 0 aliphatic carbocycles. The van der Waals surface area contributed by atoms with Crippen LogP contribution in [0.5, 0.6) is 0 Å². The topological polar surface area (TPSA) is 143 Å². The minimum absolute atomic E-state index is 0.0823. The molecule has 33 heavy (non-hydrogen) atoms. The Balaban J connectivity index is 2.13. The van der Waals surface area contributed by atoms with Crippen molar-refractivity contribution in [1.29, 1.82) is 0 Å². The lowest BCUT2D eigenvalue weighted by molar-refractivity contribution is -0.206. The minimum Gasteiger partial charge on any atom is -0.463 e. The lowest BCUT2D eigenvalue weighted by atomic mass is 10.1. The summed E-state index contributed by atoms with van der Waals surface area (Å²) in [7, 11) is 0. The fraction of sp³-hybridized carbons (Fsp3) is 0.455. The Morgan fingerprint density at radius 1 is 0.970 bits per heavy atom. The number of hydrogen-bond donors (Lipinski definition) is 0. The maximum absolute atomic E-state index is 12.7. The summed E-state index contributed by atoms with van der Waals surface area (Å²) in [6, 6.07) is 7.74. The number of hydroxylamine groups is 2. The van der Waals surface area contributed by atoms with Crippen molar-refractivity contribution in [3.05, 3.63) is 35.9 Å². The predicted octanol–water partition coefficient (Wildman–Crippen LogP) is 1.54. The minimum atomic E-state index is -1.64. The standard InChI is InChI=1S/C22H25NO10/c1-3-4-12-30-21(28)16(31-14(2)24)13-19(27)32-20(15-8-6-5-7-9-15)22(29)33-23-17(25)10-11-18(23)26/h5-9,16,20H,3-4,10-13H2,1-2H3/t16-,20-/m0/s1. The summed E-state index contributed by atoms with van der Waals surface area (Å²) < 4.78 is 15.1. The molecular weight excluding hydrogens is 438 g/mol. The van der Waals surface area contributed by atoms with Crippen LogP contribution in [0.3, 0.4) is 0 Å². The van der Waals surface area contributed by atoms with Gasteiger partial charge in [0.1, 0.15) is 0 Å². The van der Waals surface area contributed by atoms with Gasteiger partial charge >= 0.3 is 23.9 Å². The maximum atomic E-state index is 12.7. The molecule has 11 nitrogen and oxygen atoms in total. The molecule has 0 radical (unpaired) electrons. The van der Waals surface area contributed by atoms with Crippen LogP contribution in [-0.4, -0.2) is 53.5 Å². The summed E-state index contributed by atoms with van der Waals surface area (Å²) >= 11 is 0. The summed E-state index contributed by atoms with van der Waals surface area (Å²) in [5.74, 6) is -5.40. The highest BCUT2D eigenvalue weighted by atomic mass is 16.7. The van der Waals surface area contributed by atoms with Crippen LogP contribution in [-0.2, 0) is 47.8 Å². The summed E-state index contributed by atoms with van der Waals surface area (Å²) in [5.41, 5.74) is 0.199. The maximum Gasteiger partial charge on any atom is 0.378 e. The number of ether oxygens (including phenoxy) is 3. The first-order valence-electron chi connectivity index (χ1n) is 10.4. The molecule has 1 aromatic carbocycles. The van der Waals surface area contributed by atoms with E-state index in [-0.39, 0.29) is 25.0 Å². The zero-order valence-electron chi connectivity index (χ0n) is 18.3. The van der Waals surface area contributed by atoms with Gasteiger partial charge in [-0.2, -0.15) is 0 Å². The number of nitrogens with zero attached hydrogens (tertiary/aromatic N) is 1. The molecule has 0 unspecified atom stereocenters. The quantitative estimate of drug-likeness (QED) is 0.205. The zero-order chi connectivity index (χ0) is 24.4. The number of imide groups is 1. The molecule has 1 heterocycles. The Labute approximate surface area is 189 Å². The third kappa shape index (κ3) is 7.70. The van der Waals surface area contributed by atoms with Crippen molar-refractivity contribution in [3.8, 4) is 0 Å². The van der Waals surface area contributed by atoms with Gasteiger partial charge in [-0.25, -0.2) is 9.59 Å². The van der Waals surface area contributed by atoms with Crippen LogP contribution in [0.1, 0.15) is 57.6 Å². The summed E-state index contributed by atoms with van der Waals surface area (Å²) in [4.78, 5) is 77.2. The lowest BCUT2D eigenvalue weighted by Crippen LogP contribution is -2.36. The molecular formula is C22H25NO10. The van der Waals surface area contributed by atoms with E-state index in [1.54, 1.807) is 18.2 Å². The summed E-state index contributed by atoms with van der Waals surface area (Å²) in [6.07, 6.45) is -2.80. The van der Waals surface area contributed by atoms with Gasteiger partial charge in [-0.3, -0.25) is 19.2 Å². The third-order valence-corrected chi connectivity index (χ3v) is 4.42. The number of carbonyl (C=O) groups excluding carboxylic acids is 6. The van der Waals surface area contributed by atoms with Crippen LogP contribution in [0.2, 0.25) is 0 Å². The van der Waals surface area contributed by atoms with E-state index in [2.05, 4.69) is 0 Å². The molecule has 1 aliphatic heterocycles. The molecule has 0 N–H and O–H groups in total. The van der Waals surface area contributed by atoms with Gasteiger partial charge in [0, 0.05) is 25.3 Å². The van der Waals surface area contributed by atoms with Crippen molar-refractivity contribution in [3.63, 3.8) is 0 Å². The highest BCUT2D eigenvalue weighted by Gasteiger charge is 2.37. The van der Waals surface area contributed by atoms with Gasteiger partial charge in [-0.15, -0.1) is 5.06 Å². The molecule has 0 aromatic heterocycles. The van der Waals surface area contributed by atoms with Crippen molar-refractivity contribution < 1.29 is 47.8 Å². The first-order valence-corrected chi connectivity index (χ1v) is 10.4. The van der Waals surface area contributed by atoms with Crippen molar-refractivity contribution >= 4 is 35.7 Å². The molecule has 0 bridgehead atoms. The molecule has 0 saturated carbocycles. The van der Waals surface area contributed by atoms with Crippen molar-refractivity contribution in [2.45, 2.75) is 58.2 Å². The molecule has 2 rings (SSSR count). The lowest BCUT2D eigenvalue weighted by Gasteiger charge is -2.21. The van der Waals surface area contributed by atoms with Gasteiger partial charge < -0.3 is 19.0 Å². The molecule has 2 atom stereocenters. The molecule has 1 aliphatic rings. The van der Waals surface area contributed by atoms with Gasteiger partial charge in [0.15, 0.2) is 0 Å². The Hall–Kier alpha value is -3.76. The van der Waals surface area contributed by atoms with E-state index in [1.807, 2.05) is 6.92 Å². The summed E-state index contributed by atoms with van der Waals surface area (Å²) in [5, 5.41) is 0.332. The fourth-order valence-electron chi connectivity index (χ4n) is 2.79. The van der Waals surface area contributed by atoms with E-state index in [0.717, 1.165) is 13.3 Å². The van der Waals surface area contributed by atoms with E-state index in [4.69, 9.17) is 19.0 Å². The molecule has 1 aromatic rings. The fourth-order valence-corrected chi connectivity index (χ4v) is 2.79. The number of amides is 2. The zero-order valence-corrected chi connectivity index (χ0v) is 18.3. The van der Waals surface area contributed by atoms with E-state index in [9.17, 15) is 28.8 Å². The Morgan fingerprint density at radius 2 is 1.61 bits per heavy atom. The van der Waals surface area contributed by atoms with Gasteiger partial charge in [0.25, 0.3) is 11.8 Å². The normalized spacial score (nSPS) is 14.9. The number of esters is 3. The molecule has 178 valence electrons. The highest BCUT2D eigenvalue weighted by molar-refractivity contribution is 6.01. The molecule has 11 heteroatoms. The number of rotatable bonds is 11. The first-order chi connectivity index (χ1) is 15.7. The van der Waals surface area contributed by atoms with E-state index < -0.39 is 54.3 Å². The Kier molecular flexibility index (Phi) is 9.52. The van der Waals surface area contributed by atoms with Gasteiger partial charge in [0.2, 0.25) is 12.2 Å². The number of benzene rings is 1. The number of hydrogen-bond acceptors (Lipinski definition) is 10. The van der Waals surface area contributed by atoms with E-state index in [0.29, 0.717) is 11.5 Å². The van der Waals surface area contributed by atoms with Crippen molar-refractivity contribution in [2.24, 2.45) is 0 Å². The highest BCUT2D eigenvalue weighted by Crippen LogP contribution is 2.23. The average Bonchev–Trinajstić information content (AvgIpc) is 3.09.